The molecular formula is C43H25NO. The molecule has 0 fully saturated rings. The molecule has 0 saturated heterocycles. The van der Waals surface area contributed by atoms with E-state index in [1.54, 1.807) is 0 Å². The molecule has 2 heteroatoms. The van der Waals surface area contributed by atoms with Crippen molar-refractivity contribution in [3.8, 4) is 27.9 Å². The van der Waals surface area contributed by atoms with E-state index in [2.05, 4.69) is 150 Å². The summed E-state index contributed by atoms with van der Waals surface area (Å²) in [6.45, 7) is 0. The summed E-state index contributed by atoms with van der Waals surface area (Å²) in [5.41, 5.74) is 15.6. The zero-order chi connectivity index (χ0) is 29.3. The molecule has 0 atom stereocenters. The second kappa shape index (κ2) is 8.19. The van der Waals surface area contributed by atoms with Crippen LogP contribution in [-0.4, -0.2) is 4.57 Å². The molecule has 9 aromatic rings. The van der Waals surface area contributed by atoms with Crippen molar-refractivity contribution in [1.29, 1.82) is 0 Å². The highest BCUT2D eigenvalue weighted by Crippen LogP contribution is 2.61. The summed E-state index contributed by atoms with van der Waals surface area (Å²) in [7, 11) is 0. The maximum absolute atomic E-state index is 6.22. The van der Waals surface area contributed by atoms with Crippen LogP contribution in [0.5, 0.6) is 0 Å². The van der Waals surface area contributed by atoms with Gasteiger partial charge in [0.2, 0.25) is 0 Å². The van der Waals surface area contributed by atoms with Crippen LogP contribution in [0.2, 0.25) is 0 Å². The van der Waals surface area contributed by atoms with Gasteiger partial charge < -0.3 is 8.98 Å². The monoisotopic (exact) mass is 571 g/mol. The van der Waals surface area contributed by atoms with E-state index in [4.69, 9.17) is 4.42 Å². The van der Waals surface area contributed by atoms with Crippen molar-refractivity contribution in [2.75, 3.05) is 0 Å². The fourth-order valence-electron chi connectivity index (χ4n) is 8.65. The average molecular weight is 572 g/mol. The molecule has 0 radical (unpaired) electrons. The highest BCUT2D eigenvalue weighted by atomic mass is 16.3. The van der Waals surface area contributed by atoms with Gasteiger partial charge >= 0.3 is 0 Å². The van der Waals surface area contributed by atoms with Gasteiger partial charge in [0.1, 0.15) is 11.2 Å². The van der Waals surface area contributed by atoms with Gasteiger partial charge in [-0.25, -0.2) is 0 Å². The van der Waals surface area contributed by atoms with Crippen LogP contribution in [-0.2, 0) is 5.41 Å². The summed E-state index contributed by atoms with van der Waals surface area (Å²) in [5.74, 6) is 0. The number of hydrogen-bond acceptors (Lipinski definition) is 1. The van der Waals surface area contributed by atoms with Gasteiger partial charge in [-0.15, -0.1) is 0 Å². The number of fused-ring (bicyclic) bond motifs is 15. The van der Waals surface area contributed by atoms with Crippen molar-refractivity contribution in [1.82, 2.24) is 4.57 Å². The van der Waals surface area contributed by atoms with Crippen molar-refractivity contribution in [3.05, 3.63) is 174 Å². The summed E-state index contributed by atoms with van der Waals surface area (Å²) in [6, 6.07) is 55.9. The maximum Gasteiger partial charge on any atom is 0.135 e. The molecule has 1 aliphatic heterocycles. The Hall–Kier alpha value is -5.86. The Kier molecular flexibility index (Phi) is 4.29. The van der Waals surface area contributed by atoms with Crippen LogP contribution in [0, 0.1) is 0 Å². The topological polar surface area (TPSA) is 18.1 Å². The first kappa shape index (κ1) is 23.6. The van der Waals surface area contributed by atoms with Crippen LogP contribution < -0.4 is 0 Å². The summed E-state index contributed by atoms with van der Waals surface area (Å²) in [5, 5.41) is 4.86. The van der Waals surface area contributed by atoms with E-state index >= 15 is 0 Å². The number of hydrogen-bond donors (Lipinski definition) is 0. The van der Waals surface area contributed by atoms with E-state index in [1.807, 2.05) is 6.07 Å². The number of furan rings is 1. The van der Waals surface area contributed by atoms with Gasteiger partial charge in [-0.2, -0.15) is 0 Å². The van der Waals surface area contributed by atoms with E-state index in [-0.39, 0.29) is 0 Å². The Labute approximate surface area is 259 Å². The minimum absolute atomic E-state index is 0.450. The van der Waals surface area contributed by atoms with E-state index in [9.17, 15) is 0 Å². The molecule has 0 bridgehead atoms. The molecule has 11 rings (SSSR count). The smallest absolute Gasteiger partial charge is 0.135 e. The zero-order valence-corrected chi connectivity index (χ0v) is 24.3. The molecule has 2 aliphatic rings. The fraction of sp³-hybridized carbons (Fsp3) is 0.0233. The molecule has 2 nitrogen and oxygen atoms in total. The van der Waals surface area contributed by atoms with Crippen molar-refractivity contribution in [3.63, 3.8) is 0 Å². The molecule has 7 aromatic carbocycles. The highest BCUT2D eigenvalue weighted by Gasteiger charge is 2.50. The zero-order valence-electron chi connectivity index (χ0n) is 24.3. The minimum atomic E-state index is -0.450. The Morgan fingerprint density at radius 3 is 1.87 bits per heavy atom. The highest BCUT2D eigenvalue weighted by molar-refractivity contribution is 6.14. The van der Waals surface area contributed by atoms with E-state index in [1.165, 1.54) is 72.0 Å². The minimum Gasteiger partial charge on any atom is -0.456 e. The molecular weight excluding hydrogens is 546 g/mol. The third kappa shape index (κ3) is 2.77. The van der Waals surface area contributed by atoms with Crippen LogP contribution in [0.4, 0.5) is 0 Å². The number of nitrogens with zero attached hydrogens (tertiary/aromatic N) is 1. The van der Waals surface area contributed by atoms with Gasteiger partial charge in [0.15, 0.2) is 0 Å². The molecule has 1 aliphatic carbocycles. The largest absolute Gasteiger partial charge is 0.456 e. The standard InChI is InChI=1S/C43H25NO/c1-5-15-34-28(11-1)29-12-2-6-16-35(29)43(34)36-17-7-9-19-39(36)44-38-18-8-3-13-30(38)33-24-27(25-37(43)42(33)44)26-21-22-41-32(23-26)31-14-4-10-20-40(31)45-41/h1-25H. The lowest BCUT2D eigenvalue weighted by molar-refractivity contribution is 0.669. The van der Waals surface area contributed by atoms with E-state index < -0.39 is 5.41 Å². The lowest BCUT2D eigenvalue weighted by atomic mass is 9.65. The van der Waals surface area contributed by atoms with Gasteiger partial charge in [0.25, 0.3) is 0 Å². The second-order valence-electron chi connectivity index (χ2n) is 12.4. The van der Waals surface area contributed by atoms with Gasteiger partial charge in [0, 0.05) is 21.5 Å². The molecule has 0 amide bonds. The number of para-hydroxylation sites is 3. The van der Waals surface area contributed by atoms with Crippen molar-refractivity contribution in [2.45, 2.75) is 5.41 Å². The molecule has 45 heavy (non-hydrogen) atoms. The quantitative estimate of drug-likeness (QED) is 0.192. The van der Waals surface area contributed by atoms with Crippen molar-refractivity contribution in [2.24, 2.45) is 0 Å². The number of rotatable bonds is 1. The van der Waals surface area contributed by atoms with Crippen molar-refractivity contribution >= 4 is 43.7 Å². The van der Waals surface area contributed by atoms with Crippen LogP contribution in [0.1, 0.15) is 22.3 Å². The second-order valence-corrected chi connectivity index (χ2v) is 12.4. The third-order valence-electron chi connectivity index (χ3n) is 10.4. The van der Waals surface area contributed by atoms with E-state index in [0.717, 1.165) is 21.9 Å². The predicted molar refractivity (Wildman–Crippen MR) is 184 cm³/mol. The molecule has 2 aromatic heterocycles. The van der Waals surface area contributed by atoms with Crippen LogP contribution >= 0.6 is 0 Å². The Morgan fingerprint density at radius 1 is 0.422 bits per heavy atom. The summed E-state index contributed by atoms with van der Waals surface area (Å²) >= 11 is 0. The first-order valence-electron chi connectivity index (χ1n) is 15.6. The fourth-order valence-corrected chi connectivity index (χ4v) is 8.65. The van der Waals surface area contributed by atoms with Gasteiger partial charge in [-0.05, 0) is 87.0 Å². The summed E-state index contributed by atoms with van der Waals surface area (Å²) in [4.78, 5) is 0. The van der Waals surface area contributed by atoms with Crippen LogP contribution in [0.25, 0.3) is 71.7 Å². The number of benzene rings is 7. The SMILES string of the molecule is c1ccc2c(c1)-c1ccccc1C21c2ccccc2-n2c3ccccc3c3cc(-c4ccc5oc6ccccc6c5c4)cc1c32. The first-order valence-corrected chi connectivity index (χ1v) is 15.6. The van der Waals surface area contributed by atoms with Gasteiger partial charge in [-0.3, -0.25) is 0 Å². The number of aromatic nitrogens is 1. The van der Waals surface area contributed by atoms with Crippen LogP contribution in [0.3, 0.4) is 0 Å². The molecule has 208 valence electrons. The van der Waals surface area contributed by atoms with Crippen LogP contribution in [0.15, 0.2) is 156 Å². The van der Waals surface area contributed by atoms with Gasteiger partial charge in [-0.1, -0.05) is 109 Å². The normalized spacial score (nSPS) is 14.0. The molecule has 0 unspecified atom stereocenters. The molecule has 3 heterocycles. The van der Waals surface area contributed by atoms with Crippen molar-refractivity contribution < 1.29 is 4.42 Å². The third-order valence-corrected chi connectivity index (χ3v) is 10.4. The lowest BCUT2D eigenvalue weighted by Crippen LogP contribution is -2.33. The van der Waals surface area contributed by atoms with E-state index in [0.29, 0.717) is 0 Å². The van der Waals surface area contributed by atoms with Gasteiger partial charge in [0.05, 0.1) is 22.1 Å². The molecule has 0 N–H and O–H groups in total. The first-order chi connectivity index (χ1) is 22.3. The Morgan fingerprint density at radius 2 is 1.04 bits per heavy atom. The summed E-state index contributed by atoms with van der Waals surface area (Å²) < 4.78 is 8.73. The maximum atomic E-state index is 6.22. The Balaban J connectivity index is 1.34. The average Bonchev–Trinajstić information content (AvgIpc) is 3.74. The molecule has 0 saturated carbocycles. The Bertz CT molecular complexity index is 2670. The molecule has 1 spiro atoms. The predicted octanol–water partition coefficient (Wildman–Crippen LogP) is 11.0. The summed E-state index contributed by atoms with van der Waals surface area (Å²) in [6.07, 6.45) is 0. The lowest BCUT2D eigenvalue weighted by Gasteiger charge is -2.39.